The molecule has 11 heteroatoms. The molecule has 1 radical (unpaired) electrons. The number of carbonyl (C=O) groups is 2. The number of fused-ring (bicyclic) bond motifs is 8. The topological polar surface area (TPSA) is 144 Å². The first-order valence-electron chi connectivity index (χ1n) is 15.8. The Bertz CT molecular complexity index is 1910. The van der Waals surface area contributed by atoms with Crippen molar-refractivity contribution in [1.29, 1.82) is 0 Å². The van der Waals surface area contributed by atoms with Crippen molar-refractivity contribution in [2.24, 2.45) is 0 Å². The second-order valence-corrected chi connectivity index (χ2v) is 12.3. The van der Waals surface area contributed by atoms with Gasteiger partial charge in [0.1, 0.15) is 0 Å². The molecule has 2 aliphatic heterocycles. The number of methoxy groups -OCH3 is 1. The molecular formula is C36H44CoN5O5-. The molecule has 3 aromatic rings. The first-order chi connectivity index (χ1) is 21.9. The monoisotopic (exact) mass is 685 g/mol. The van der Waals surface area contributed by atoms with Crippen molar-refractivity contribution in [3.63, 3.8) is 0 Å². The third kappa shape index (κ3) is 6.54. The average molecular weight is 686 g/mol. The smallest absolute Gasteiger partial charge is 0.338 e. The van der Waals surface area contributed by atoms with Crippen molar-refractivity contribution < 1.29 is 41.3 Å². The van der Waals surface area contributed by atoms with Gasteiger partial charge in [0.05, 0.1) is 36.6 Å². The number of carboxylic acid groups (broad SMARTS) is 1. The Hall–Kier alpha value is -3.77. The number of aliphatic carboxylic acids is 1. The number of H-pyrrole nitrogens is 2. The van der Waals surface area contributed by atoms with Crippen LogP contribution in [-0.4, -0.2) is 74.2 Å². The molecule has 0 fully saturated rings. The van der Waals surface area contributed by atoms with Crippen LogP contribution >= 0.6 is 0 Å². The van der Waals surface area contributed by atoms with E-state index in [2.05, 4.69) is 37.7 Å². The van der Waals surface area contributed by atoms with E-state index in [0.717, 1.165) is 56.4 Å². The van der Waals surface area contributed by atoms with E-state index < -0.39 is 5.97 Å². The summed E-state index contributed by atoms with van der Waals surface area (Å²) in [6, 6.07) is 5.90. The van der Waals surface area contributed by atoms with Crippen LogP contribution in [0.5, 0.6) is 0 Å². The molecule has 3 aromatic heterocycles. The number of carbonyl (C=O) groups excluding carboxylic acids is 1. The number of amides is 1. The van der Waals surface area contributed by atoms with Crippen LogP contribution in [0.1, 0.15) is 89.6 Å². The van der Waals surface area contributed by atoms with Gasteiger partial charge in [0, 0.05) is 88.0 Å². The maximum atomic E-state index is 13.7. The molecular weight excluding hydrogens is 641 g/mol. The molecule has 2 atom stereocenters. The fourth-order valence-corrected chi connectivity index (χ4v) is 6.71. The molecule has 1 amide bonds. The van der Waals surface area contributed by atoms with Gasteiger partial charge in [0.2, 0.25) is 5.91 Å². The summed E-state index contributed by atoms with van der Waals surface area (Å²) in [6.07, 6.45) is 1.16. The number of carboxylic acids is 1. The van der Waals surface area contributed by atoms with Gasteiger partial charge in [0.25, 0.3) is 0 Å². The predicted molar refractivity (Wildman–Crippen MR) is 180 cm³/mol. The van der Waals surface area contributed by atoms with Crippen molar-refractivity contribution in [2.45, 2.75) is 72.3 Å². The minimum absolute atomic E-state index is 0. The number of aliphatic hydroxyl groups excluding tert-OH is 1. The zero-order valence-electron chi connectivity index (χ0n) is 28.1. The number of aromatic nitrogens is 4. The van der Waals surface area contributed by atoms with Crippen molar-refractivity contribution >= 4 is 45.1 Å². The van der Waals surface area contributed by atoms with Crippen molar-refractivity contribution in [2.75, 3.05) is 27.3 Å². The number of hydrogen-bond acceptors (Lipinski definition) is 6. The van der Waals surface area contributed by atoms with Gasteiger partial charge in [-0.25, -0.2) is 9.78 Å². The fourth-order valence-electron chi connectivity index (χ4n) is 6.71. The molecule has 5 heterocycles. The Morgan fingerprint density at radius 3 is 2.23 bits per heavy atom. The number of nitrogens with one attached hydrogen (secondary N) is 2. The van der Waals surface area contributed by atoms with Gasteiger partial charge in [-0.2, -0.15) is 6.42 Å². The maximum Gasteiger partial charge on any atom is 0.338 e. The molecule has 0 aromatic carbocycles. The number of aliphatic hydroxyl groups is 1. The Balaban J connectivity index is 0.00000500. The van der Waals surface area contributed by atoms with Gasteiger partial charge in [-0.3, -0.25) is 9.78 Å². The zero-order valence-corrected chi connectivity index (χ0v) is 29.2. The van der Waals surface area contributed by atoms with Crippen LogP contribution in [0.25, 0.3) is 33.2 Å². The summed E-state index contributed by atoms with van der Waals surface area (Å²) in [4.78, 5) is 45.3. The van der Waals surface area contributed by atoms with Crippen molar-refractivity contribution in [3.05, 3.63) is 75.7 Å². The van der Waals surface area contributed by atoms with Crippen LogP contribution in [0, 0.1) is 20.8 Å². The van der Waals surface area contributed by atoms with E-state index in [0.29, 0.717) is 42.1 Å². The number of ether oxygens (including phenoxy) is 1. The number of rotatable bonds is 9. The molecule has 5 rings (SSSR count). The number of nitrogens with zero attached hydrogens (tertiary/aromatic N) is 3. The third-order valence-electron chi connectivity index (χ3n) is 9.68. The van der Waals surface area contributed by atoms with Crippen LogP contribution in [0.15, 0.2) is 18.2 Å². The van der Waals surface area contributed by atoms with Gasteiger partial charge in [-0.1, -0.05) is 13.8 Å². The van der Waals surface area contributed by atoms with Gasteiger partial charge < -0.3 is 36.7 Å². The second-order valence-electron chi connectivity index (χ2n) is 12.3. The summed E-state index contributed by atoms with van der Waals surface area (Å²) in [5.74, 6) is -1.53. The predicted octanol–water partition coefficient (Wildman–Crippen LogP) is 5.76. The molecule has 0 spiro atoms. The fraction of sp³-hybridized carbons (Fsp3) is 0.417. The van der Waals surface area contributed by atoms with Crippen LogP contribution in [0.3, 0.4) is 0 Å². The van der Waals surface area contributed by atoms with E-state index >= 15 is 0 Å². The normalized spacial score (nSPS) is 15.9. The van der Waals surface area contributed by atoms with E-state index in [1.54, 1.807) is 26.0 Å². The van der Waals surface area contributed by atoms with Crippen LogP contribution in [-0.2, 0) is 50.6 Å². The minimum Gasteiger partial charge on any atom is -0.478 e. The molecule has 0 saturated carbocycles. The molecule has 10 nitrogen and oxygen atoms in total. The summed E-state index contributed by atoms with van der Waals surface area (Å²) in [5, 5.41) is 20.9. The Kier molecular flexibility index (Phi) is 11.2. The standard InChI is InChI=1S/C36H44N5O5.Co/c1-9-22-18(3)27-15-31-25(17-42)20(5)26(38-31)14-28-19(4)23(10-2)34(39-28)24(13-32(43)41(7)11-12-46-8)35-33(36(44)45)21(6)29(40-35)16-30(22)37-27;/h14-16,19,23,37-38,42H,2,9-13,17H2,1,3-8H3,(H,44,45);/q-1;/t19-,23-;/m0./s1. The summed E-state index contributed by atoms with van der Waals surface area (Å²) < 4.78 is 5.19. The number of hydrogen-bond donors (Lipinski definition) is 4. The van der Waals surface area contributed by atoms with E-state index in [4.69, 9.17) is 14.7 Å². The van der Waals surface area contributed by atoms with Crippen molar-refractivity contribution in [3.8, 4) is 0 Å². The molecule has 0 saturated heterocycles. The molecule has 0 aliphatic carbocycles. The van der Waals surface area contributed by atoms with Gasteiger partial charge in [0.15, 0.2) is 0 Å². The number of aromatic amines is 2. The molecule has 8 bridgehead atoms. The van der Waals surface area contributed by atoms with Crippen LogP contribution < -0.4 is 0 Å². The third-order valence-corrected chi connectivity index (χ3v) is 9.68. The van der Waals surface area contributed by atoms with Gasteiger partial charge >= 0.3 is 5.97 Å². The number of likely N-dealkylation sites (N-methyl/N-ethyl adjacent to an activating group) is 1. The minimum atomic E-state index is -1.11. The van der Waals surface area contributed by atoms with E-state index in [9.17, 15) is 19.8 Å². The van der Waals surface area contributed by atoms with Crippen LogP contribution in [0.2, 0.25) is 0 Å². The first kappa shape index (κ1) is 36.1. The quantitative estimate of drug-likeness (QED) is 0.210. The maximum absolute atomic E-state index is 13.7. The SMILES string of the molecule is [CH2-]C[C@@H]1c2nc(cc3[nH]c(cc4[nH]c(cc5nc(c2CC(=O)N(C)CCOC)C(C(=O)O)=C5C)c(CC)c4C)c(CO)c3C)[C@H]1C.[Co]. The molecule has 2 aliphatic rings. The Morgan fingerprint density at radius 1 is 1.00 bits per heavy atom. The molecule has 0 unspecified atom stereocenters. The summed E-state index contributed by atoms with van der Waals surface area (Å²) in [6.45, 7) is 14.8. The molecule has 253 valence electrons. The first-order valence-corrected chi connectivity index (χ1v) is 15.8. The van der Waals surface area contributed by atoms with Gasteiger partial charge in [-0.15, -0.1) is 0 Å². The van der Waals surface area contributed by atoms with E-state index in [1.165, 1.54) is 0 Å². The Morgan fingerprint density at radius 2 is 1.64 bits per heavy atom. The van der Waals surface area contributed by atoms with E-state index in [-0.39, 0.29) is 58.8 Å². The van der Waals surface area contributed by atoms with Crippen LogP contribution in [0.4, 0.5) is 0 Å². The summed E-state index contributed by atoms with van der Waals surface area (Å²) in [7, 11) is 3.29. The number of aryl methyl sites for hydroxylation is 3. The molecule has 4 N–H and O–H groups in total. The summed E-state index contributed by atoms with van der Waals surface area (Å²) in [5.41, 5.74) is 10.5. The number of allylic oxidation sites excluding steroid dienone is 1. The Labute approximate surface area is 285 Å². The largest absolute Gasteiger partial charge is 0.478 e. The average Bonchev–Trinajstić information content (AvgIpc) is 3.71. The zero-order chi connectivity index (χ0) is 33.4. The summed E-state index contributed by atoms with van der Waals surface area (Å²) >= 11 is 0. The van der Waals surface area contributed by atoms with Gasteiger partial charge in [-0.05, 0) is 73.6 Å². The van der Waals surface area contributed by atoms with Crippen molar-refractivity contribution in [1.82, 2.24) is 24.8 Å². The molecule has 47 heavy (non-hydrogen) atoms. The second kappa shape index (κ2) is 14.6. The van der Waals surface area contributed by atoms with E-state index in [1.807, 2.05) is 25.1 Å².